The summed E-state index contributed by atoms with van der Waals surface area (Å²) in [6, 6.07) is 15.3. The van der Waals surface area contributed by atoms with Gasteiger partial charge in [-0.3, -0.25) is 9.79 Å². The lowest BCUT2D eigenvalue weighted by Crippen LogP contribution is -2.37. The predicted octanol–water partition coefficient (Wildman–Crippen LogP) is 4.92. The average molecular weight is 341 g/mol. The normalized spacial score (nSPS) is 14.2. The first-order chi connectivity index (χ1) is 11.6. The molecule has 124 valence electrons. The largest absolute Gasteiger partial charge is 0.322 e. The number of hydrogen-bond acceptors (Lipinski definition) is 3. The van der Waals surface area contributed by atoms with E-state index in [1.165, 1.54) is 0 Å². The topological polar surface area (TPSA) is 32.7 Å². The molecule has 0 radical (unpaired) electrons. The lowest BCUT2D eigenvalue weighted by atomic mass is 10.1. The number of benzene rings is 2. The van der Waals surface area contributed by atoms with Crippen LogP contribution in [0, 0.1) is 6.92 Å². The molecular weight excluding hydrogens is 320 g/mol. The molecule has 0 bridgehead atoms. The fraction of sp³-hybridized carbons (Fsp3) is 0.300. The molecule has 0 spiro atoms. The number of rotatable bonds is 4. The highest BCUT2D eigenvalue weighted by Gasteiger charge is 2.19. The molecule has 0 N–H and O–H groups in total. The van der Waals surface area contributed by atoms with E-state index in [9.17, 15) is 4.79 Å². The highest BCUT2D eigenvalue weighted by atomic mass is 35.5. The van der Waals surface area contributed by atoms with E-state index in [0.717, 1.165) is 48.5 Å². The fourth-order valence-electron chi connectivity index (χ4n) is 2.83. The summed E-state index contributed by atoms with van der Waals surface area (Å²) in [7, 11) is 0. The average Bonchev–Trinajstić information content (AvgIpc) is 2.62. The molecular formula is C20H21ClN2O. The van der Waals surface area contributed by atoms with Crippen LogP contribution < -0.4 is 4.90 Å². The van der Waals surface area contributed by atoms with Gasteiger partial charge in [0.15, 0.2) is 5.78 Å². The van der Waals surface area contributed by atoms with Gasteiger partial charge >= 0.3 is 0 Å². The number of anilines is 1. The van der Waals surface area contributed by atoms with Gasteiger partial charge in [-0.1, -0.05) is 41.4 Å². The van der Waals surface area contributed by atoms with Crippen LogP contribution >= 0.6 is 11.6 Å². The third kappa shape index (κ3) is 4.04. The van der Waals surface area contributed by atoms with Crippen molar-refractivity contribution in [2.24, 2.45) is 4.99 Å². The minimum absolute atomic E-state index is 0.0956. The molecule has 1 aliphatic rings. The summed E-state index contributed by atoms with van der Waals surface area (Å²) in [4.78, 5) is 19.4. The first-order valence-corrected chi connectivity index (χ1v) is 8.67. The van der Waals surface area contributed by atoms with Gasteiger partial charge in [0.1, 0.15) is 5.84 Å². The van der Waals surface area contributed by atoms with Gasteiger partial charge in [-0.25, -0.2) is 0 Å². The maximum atomic E-state index is 12.7. The van der Waals surface area contributed by atoms with Crippen LogP contribution in [0.15, 0.2) is 53.5 Å². The lowest BCUT2D eigenvalue weighted by molar-refractivity contribution is 0.100. The Morgan fingerprint density at radius 3 is 2.42 bits per heavy atom. The second kappa shape index (κ2) is 7.63. The summed E-state index contributed by atoms with van der Waals surface area (Å²) in [5.74, 6) is 1.09. The van der Waals surface area contributed by atoms with Crippen molar-refractivity contribution >= 4 is 28.9 Å². The molecule has 0 saturated carbocycles. The quantitative estimate of drug-likeness (QED) is 0.740. The van der Waals surface area contributed by atoms with Crippen LogP contribution in [0.4, 0.5) is 5.69 Å². The van der Waals surface area contributed by atoms with Crippen molar-refractivity contribution in [1.29, 1.82) is 0 Å². The predicted molar refractivity (Wildman–Crippen MR) is 100 cm³/mol. The van der Waals surface area contributed by atoms with Gasteiger partial charge in [-0.05, 0) is 44.0 Å². The van der Waals surface area contributed by atoms with Gasteiger partial charge in [-0.15, -0.1) is 0 Å². The number of Topliss-reactive ketones (excluding diaryl/α,β-unsaturated/α-hetero) is 1. The molecule has 1 aliphatic heterocycles. The smallest absolute Gasteiger partial charge is 0.182 e. The SMILES string of the molecule is Cc1ccc(C(=O)CN(C2=NCCCC2)c2ccc(Cl)cc2)cc1. The van der Waals surface area contributed by atoms with E-state index in [-0.39, 0.29) is 5.78 Å². The van der Waals surface area contributed by atoms with E-state index in [4.69, 9.17) is 11.6 Å². The molecule has 0 atom stereocenters. The molecule has 0 fully saturated rings. The Hall–Kier alpha value is -2.13. The number of ketones is 1. The number of halogens is 1. The third-order valence-electron chi connectivity index (χ3n) is 4.23. The van der Waals surface area contributed by atoms with Crippen LogP contribution in [0.1, 0.15) is 35.2 Å². The van der Waals surface area contributed by atoms with E-state index in [0.29, 0.717) is 11.6 Å². The number of aryl methyl sites for hydroxylation is 1. The number of aliphatic imine (C=N–C) groups is 1. The lowest BCUT2D eigenvalue weighted by Gasteiger charge is -2.28. The van der Waals surface area contributed by atoms with Crippen molar-refractivity contribution in [3.63, 3.8) is 0 Å². The van der Waals surface area contributed by atoms with Crippen LogP contribution in [0.3, 0.4) is 0 Å². The minimum atomic E-state index is 0.0956. The first kappa shape index (κ1) is 16.7. The highest BCUT2D eigenvalue weighted by Crippen LogP contribution is 2.22. The van der Waals surface area contributed by atoms with Crippen LogP contribution in [0.25, 0.3) is 0 Å². The second-order valence-corrected chi connectivity index (χ2v) is 6.54. The van der Waals surface area contributed by atoms with Gasteiger partial charge in [-0.2, -0.15) is 0 Å². The number of carbonyl (C=O) groups is 1. The van der Waals surface area contributed by atoms with Crippen molar-refractivity contribution in [1.82, 2.24) is 0 Å². The van der Waals surface area contributed by atoms with Crippen LogP contribution in [0.5, 0.6) is 0 Å². The van der Waals surface area contributed by atoms with E-state index in [2.05, 4.69) is 4.99 Å². The third-order valence-corrected chi connectivity index (χ3v) is 4.48. The van der Waals surface area contributed by atoms with Crippen molar-refractivity contribution in [3.05, 3.63) is 64.7 Å². The zero-order valence-electron chi connectivity index (χ0n) is 13.8. The number of amidine groups is 1. The second-order valence-electron chi connectivity index (χ2n) is 6.11. The Kier molecular flexibility index (Phi) is 5.31. The Labute approximate surface area is 148 Å². The summed E-state index contributed by atoms with van der Waals surface area (Å²) in [6.07, 6.45) is 3.13. The van der Waals surface area contributed by atoms with Crippen LogP contribution in [-0.4, -0.2) is 24.7 Å². The van der Waals surface area contributed by atoms with Gasteiger partial charge in [0.25, 0.3) is 0 Å². The van der Waals surface area contributed by atoms with Crippen molar-refractivity contribution in [2.75, 3.05) is 18.0 Å². The Balaban J connectivity index is 1.86. The first-order valence-electron chi connectivity index (χ1n) is 8.30. The standard InChI is InChI=1S/C20H21ClN2O/c1-15-5-7-16(8-6-15)19(24)14-23(20-4-2-3-13-22-20)18-11-9-17(21)10-12-18/h5-12H,2-4,13-14H2,1H3. The molecule has 0 aromatic heterocycles. The van der Waals surface area contributed by atoms with Crippen LogP contribution in [0.2, 0.25) is 5.02 Å². The zero-order chi connectivity index (χ0) is 16.9. The number of nitrogens with zero attached hydrogens (tertiary/aromatic N) is 2. The minimum Gasteiger partial charge on any atom is -0.322 e. The summed E-state index contributed by atoms with van der Waals surface area (Å²) in [5, 5.41) is 0.689. The van der Waals surface area contributed by atoms with Gasteiger partial charge < -0.3 is 4.90 Å². The monoisotopic (exact) mass is 340 g/mol. The van der Waals surface area contributed by atoms with Gasteiger partial charge in [0.05, 0.1) is 6.54 Å². The zero-order valence-corrected chi connectivity index (χ0v) is 14.6. The maximum Gasteiger partial charge on any atom is 0.182 e. The van der Waals surface area contributed by atoms with Crippen molar-refractivity contribution in [2.45, 2.75) is 26.2 Å². The van der Waals surface area contributed by atoms with Crippen molar-refractivity contribution < 1.29 is 4.79 Å². The molecule has 3 nitrogen and oxygen atoms in total. The van der Waals surface area contributed by atoms with Crippen LogP contribution in [-0.2, 0) is 0 Å². The molecule has 3 rings (SSSR count). The van der Waals surface area contributed by atoms with Crippen molar-refractivity contribution in [3.8, 4) is 0 Å². The molecule has 0 unspecified atom stereocenters. The molecule has 1 heterocycles. The van der Waals surface area contributed by atoms with Gasteiger partial charge in [0, 0.05) is 29.2 Å². The number of carbonyl (C=O) groups excluding carboxylic acids is 1. The van der Waals surface area contributed by atoms with E-state index < -0.39 is 0 Å². The summed E-state index contributed by atoms with van der Waals surface area (Å²) in [6.45, 7) is 3.15. The summed E-state index contributed by atoms with van der Waals surface area (Å²) >= 11 is 6.00. The molecule has 0 amide bonds. The Morgan fingerprint density at radius 1 is 1.08 bits per heavy atom. The Bertz CT molecular complexity index is 735. The maximum absolute atomic E-state index is 12.7. The Morgan fingerprint density at radius 2 is 1.79 bits per heavy atom. The van der Waals surface area contributed by atoms with E-state index in [1.807, 2.05) is 60.4 Å². The van der Waals surface area contributed by atoms with E-state index in [1.54, 1.807) is 0 Å². The molecule has 24 heavy (non-hydrogen) atoms. The summed E-state index contributed by atoms with van der Waals surface area (Å²) in [5.41, 5.74) is 2.84. The molecule has 2 aromatic carbocycles. The fourth-order valence-corrected chi connectivity index (χ4v) is 2.96. The molecule has 0 saturated heterocycles. The van der Waals surface area contributed by atoms with E-state index >= 15 is 0 Å². The molecule has 0 aliphatic carbocycles. The highest BCUT2D eigenvalue weighted by molar-refractivity contribution is 6.30. The molecule has 4 heteroatoms. The number of hydrogen-bond donors (Lipinski definition) is 0. The summed E-state index contributed by atoms with van der Waals surface area (Å²) < 4.78 is 0. The van der Waals surface area contributed by atoms with Gasteiger partial charge in [0.2, 0.25) is 0 Å². The molecule has 2 aromatic rings.